The number of likely N-dealkylation sites (tertiary alicyclic amines) is 1. The van der Waals surface area contributed by atoms with Crippen molar-refractivity contribution in [1.29, 1.82) is 0 Å². The molecule has 2 rings (SSSR count). The molecule has 1 aliphatic carbocycles. The fourth-order valence-electron chi connectivity index (χ4n) is 3.45. The summed E-state index contributed by atoms with van der Waals surface area (Å²) in [4.78, 5) is 13.2. The highest BCUT2D eigenvalue weighted by Crippen LogP contribution is 2.43. The van der Waals surface area contributed by atoms with Crippen molar-refractivity contribution in [2.75, 3.05) is 13.6 Å². The Morgan fingerprint density at radius 3 is 2.73 bits per heavy atom. The molecule has 0 amide bonds. The van der Waals surface area contributed by atoms with E-state index >= 15 is 0 Å². The van der Waals surface area contributed by atoms with E-state index in [0.717, 1.165) is 19.4 Å². The van der Waals surface area contributed by atoms with Crippen molar-refractivity contribution in [3.05, 3.63) is 0 Å². The van der Waals surface area contributed by atoms with Gasteiger partial charge in [0.2, 0.25) is 0 Å². The average Bonchev–Trinajstić information content (AvgIpc) is 2.60. The molecule has 1 saturated carbocycles. The van der Waals surface area contributed by atoms with E-state index in [4.69, 9.17) is 5.11 Å². The molecule has 1 spiro atoms. The first-order chi connectivity index (χ1) is 7.12. The fraction of sp³-hybridized carbons (Fsp3) is 0.917. The van der Waals surface area contributed by atoms with E-state index in [1.165, 1.54) is 25.7 Å². The molecule has 2 aliphatic rings. The quantitative estimate of drug-likeness (QED) is 0.760. The number of piperidine rings is 1. The number of aliphatic carboxylic acids is 1. The second kappa shape index (κ2) is 4.12. The Morgan fingerprint density at radius 2 is 2.13 bits per heavy atom. The topological polar surface area (TPSA) is 40.5 Å². The molecule has 2 fully saturated rings. The maximum Gasteiger partial charge on any atom is 0.303 e. The zero-order chi connectivity index (χ0) is 10.9. The van der Waals surface area contributed by atoms with Gasteiger partial charge in [0.1, 0.15) is 0 Å². The third-order valence-electron chi connectivity index (χ3n) is 4.35. The molecule has 0 bridgehead atoms. The van der Waals surface area contributed by atoms with Crippen molar-refractivity contribution in [3.63, 3.8) is 0 Å². The van der Waals surface area contributed by atoms with E-state index in [2.05, 4.69) is 11.9 Å². The van der Waals surface area contributed by atoms with Gasteiger partial charge in [0.15, 0.2) is 0 Å². The SMILES string of the molecule is CN1CCC(CC(=O)O)CC12CCCC2. The van der Waals surface area contributed by atoms with E-state index in [9.17, 15) is 4.79 Å². The van der Waals surface area contributed by atoms with Crippen LogP contribution >= 0.6 is 0 Å². The minimum atomic E-state index is -0.627. The molecule has 3 nitrogen and oxygen atoms in total. The van der Waals surface area contributed by atoms with Crippen LogP contribution in [0.1, 0.15) is 44.9 Å². The number of carbonyl (C=O) groups is 1. The van der Waals surface area contributed by atoms with E-state index in [1.807, 2.05) is 0 Å². The number of rotatable bonds is 2. The predicted octanol–water partition coefficient (Wildman–Crippen LogP) is 2.12. The molecular formula is C12H21NO2. The smallest absolute Gasteiger partial charge is 0.303 e. The van der Waals surface area contributed by atoms with E-state index in [-0.39, 0.29) is 0 Å². The summed E-state index contributed by atoms with van der Waals surface area (Å²) in [6, 6.07) is 0. The second-order valence-electron chi connectivity index (χ2n) is 5.31. The normalized spacial score (nSPS) is 30.9. The molecule has 1 saturated heterocycles. The van der Waals surface area contributed by atoms with Crippen molar-refractivity contribution < 1.29 is 9.90 Å². The summed E-state index contributed by atoms with van der Waals surface area (Å²) in [5.74, 6) is -0.213. The summed E-state index contributed by atoms with van der Waals surface area (Å²) >= 11 is 0. The summed E-state index contributed by atoms with van der Waals surface area (Å²) < 4.78 is 0. The van der Waals surface area contributed by atoms with Gasteiger partial charge in [-0.05, 0) is 45.2 Å². The molecule has 1 heterocycles. The van der Waals surface area contributed by atoms with Crippen LogP contribution in [0.5, 0.6) is 0 Å². The molecule has 86 valence electrons. The Balaban J connectivity index is 2.00. The molecule has 0 aromatic carbocycles. The van der Waals surface area contributed by atoms with Crippen molar-refractivity contribution in [1.82, 2.24) is 4.90 Å². The molecule has 1 unspecified atom stereocenters. The first-order valence-electron chi connectivity index (χ1n) is 6.05. The molecule has 1 aliphatic heterocycles. The highest BCUT2D eigenvalue weighted by Gasteiger charge is 2.42. The van der Waals surface area contributed by atoms with Gasteiger partial charge >= 0.3 is 5.97 Å². The monoisotopic (exact) mass is 211 g/mol. The summed E-state index contributed by atoms with van der Waals surface area (Å²) in [5, 5.41) is 8.85. The molecule has 0 radical (unpaired) electrons. The molecule has 1 N–H and O–H groups in total. The predicted molar refractivity (Wildman–Crippen MR) is 58.8 cm³/mol. The van der Waals surface area contributed by atoms with Crippen molar-refractivity contribution in [2.24, 2.45) is 5.92 Å². The van der Waals surface area contributed by atoms with Crippen LogP contribution in [-0.4, -0.2) is 35.1 Å². The highest BCUT2D eigenvalue weighted by molar-refractivity contribution is 5.67. The number of carboxylic acid groups (broad SMARTS) is 1. The molecule has 0 aromatic rings. The third-order valence-corrected chi connectivity index (χ3v) is 4.35. The van der Waals surface area contributed by atoms with Crippen molar-refractivity contribution in [3.8, 4) is 0 Å². The molecule has 1 atom stereocenters. The first kappa shape index (κ1) is 10.9. The van der Waals surface area contributed by atoms with Gasteiger partial charge < -0.3 is 10.0 Å². The van der Waals surface area contributed by atoms with Crippen LogP contribution in [0, 0.1) is 5.92 Å². The number of nitrogens with zero attached hydrogens (tertiary/aromatic N) is 1. The van der Waals surface area contributed by atoms with Crippen LogP contribution in [0.2, 0.25) is 0 Å². The van der Waals surface area contributed by atoms with Gasteiger partial charge in [-0.3, -0.25) is 4.79 Å². The molecule has 15 heavy (non-hydrogen) atoms. The highest BCUT2D eigenvalue weighted by atomic mass is 16.4. The standard InChI is InChI=1S/C12H21NO2/c1-13-7-4-10(8-11(14)15)9-12(13)5-2-3-6-12/h10H,2-9H2,1H3,(H,14,15). The summed E-state index contributed by atoms with van der Waals surface area (Å²) in [7, 11) is 2.21. The lowest BCUT2D eigenvalue weighted by atomic mass is 9.78. The second-order valence-corrected chi connectivity index (χ2v) is 5.31. The van der Waals surface area contributed by atoms with Gasteiger partial charge in [0.25, 0.3) is 0 Å². The number of hydrogen-bond donors (Lipinski definition) is 1. The minimum absolute atomic E-state index is 0.359. The van der Waals surface area contributed by atoms with Crippen LogP contribution in [0.4, 0.5) is 0 Å². The zero-order valence-corrected chi connectivity index (χ0v) is 9.54. The van der Waals surface area contributed by atoms with Crippen LogP contribution in [0.3, 0.4) is 0 Å². The van der Waals surface area contributed by atoms with Gasteiger partial charge in [-0.25, -0.2) is 0 Å². The molecule has 0 aromatic heterocycles. The Morgan fingerprint density at radius 1 is 1.47 bits per heavy atom. The number of carboxylic acids is 1. The van der Waals surface area contributed by atoms with Crippen molar-refractivity contribution in [2.45, 2.75) is 50.5 Å². The Labute approximate surface area is 91.5 Å². The van der Waals surface area contributed by atoms with Crippen LogP contribution < -0.4 is 0 Å². The third kappa shape index (κ3) is 2.17. The van der Waals surface area contributed by atoms with E-state index in [0.29, 0.717) is 17.9 Å². The van der Waals surface area contributed by atoms with Crippen LogP contribution in [0.25, 0.3) is 0 Å². The van der Waals surface area contributed by atoms with Crippen LogP contribution in [-0.2, 0) is 4.79 Å². The van der Waals surface area contributed by atoms with Gasteiger partial charge in [0.05, 0.1) is 0 Å². The maximum atomic E-state index is 10.7. The maximum absolute atomic E-state index is 10.7. The lowest BCUT2D eigenvalue weighted by Crippen LogP contribution is -2.50. The van der Waals surface area contributed by atoms with Gasteiger partial charge in [-0.15, -0.1) is 0 Å². The Kier molecular flexibility index (Phi) is 3.01. The van der Waals surface area contributed by atoms with Gasteiger partial charge in [0, 0.05) is 12.0 Å². The Bertz CT molecular complexity index is 246. The lowest BCUT2D eigenvalue weighted by molar-refractivity contribution is -0.139. The summed E-state index contributed by atoms with van der Waals surface area (Å²) in [6.07, 6.45) is 7.74. The minimum Gasteiger partial charge on any atom is -0.481 e. The van der Waals surface area contributed by atoms with Crippen molar-refractivity contribution >= 4 is 5.97 Å². The number of hydrogen-bond acceptors (Lipinski definition) is 2. The van der Waals surface area contributed by atoms with E-state index in [1.54, 1.807) is 0 Å². The molecular weight excluding hydrogens is 190 g/mol. The van der Waals surface area contributed by atoms with E-state index < -0.39 is 5.97 Å². The largest absolute Gasteiger partial charge is 0.481 e. The van der Waals surface area contributed by atoms with Gasteiger partial charge in [-0.2, -0.15) is 0 Å². The van der Waals surface area contributed by atoms with Crippen LogP contribution in [0.15, 0.2) is 0 Å². The first-order valence-corrected chi connectivity index (χ1v) is 6.05. The van der Waals surface area contributed by atoms with Gasteiger partial charge in [-0.1, -0.05) is 12.8 Å². The molecule has 3 heteroatoms. The summed E-state index contributed by atoms with van der Waals surface area (Å²) in [5.41, 5.74) is 0.359. The lowest BCUT2D eigenvalue weighted by Gasteiger charge is -2.46. The zero-order valence-electron chi connectivity index (χ0n) is 9.54. The Hall–Kier alpha value is -0.570. The average molecular weight is 211 g/mol. The fourth-order valence-corrected chi connectivity index (χ4v) is 3.45. The summed E-state index contributed by atoms with van der Waals surface area (Å²) in [6.45, 7) is 1.08.